The number of carboxylic acids is 1. The van der Waals surface area contributed by atoms with Crippen LogP contribution in [0, 0.1) is 5.92 Å². The van der Waals surface area contributed by atoms with Crippen molar-refractivity contribution in [2.24, 2.45) is 5.92 Å². The number of carboxylic acid groups (broad SMARTS) is 1. The summed E-state index contributed by atoms with van der Waals surface area (Å²) in [5, 5.41) is 8.55. The molecule has 5 heteroatoms. The summed E-state index contributed by atoms with van der Waals surface area (Å²) in [6.45, 7) is 4.40. The van der Waals surface area contributed by atoms with Crippen molar-refractivity contribution in [2.75, 3.05) is 13.7 Å². The molecule has 1 aromatic carbocycles. The van der Waals surface area contributed by atoms with Gasteiger partial charge in [-0.05, 0) is 23.6 Å². The predicted molar refractivity (Wildman–Crippen MR) is 84.7 cm³/mol. The van der Waals surface area contributed by atoms with Crippen molar-refractivity contribution in [1.29, 1.82) is 0 Å². The quantitative estimate of drug-likeness (QED) is 0.761. The van der Waals surface area contributed by atoms with Crippen LogP contribution in [0.1, 0.15) is 38.7 Å². The number of carbonyl (C=O) groups excluding carboxylic acids is 1. The molecular formula is C17H25NO4. The van der Waals surface area contributed by atoms with E-state index in [-0.39, 0.29) is 12.5 Å². The first-order chi connectivity index (χ1) is 10.5. The summed E-state index contributed by atoms with van der Waals surface area (Å²) in [6.07, 6.45) is 2.63. The Kier molecular flexibility index (Phi) is 7.43. The van der Waals surface area contributed by atoms with Gasteiger partial charge in [-0.25, -0.2) is 4.79 Å². The van der Waals surface area contributed by atoms with Crippen molar-refractivity contribution in [1.82, 2.24) is 4.90 Å². The molecule has 1 amide bonds. The largest absolute Gasteiger partial charge is 0.482 e. The molecular weight excluding hydrogens is 282 g/mol. The minimum Gasteiger partial charge on any atom is -0.482 e. The summed E-state index contributed by atoms with van der Waals surface area (Å²) in [4.78, 5) is 24.3. The molecule has 0 aliphatic rings. The molecule has 1 N–H and O–H groups in total. The fourth-order valence-corrected chi connectivity index (χ4v) is 2.18. The Morgan fingerprint density at radius 2 is 1.77 bits per heavy atom. The third kappa shape index (κ3) is 6.16. The van der Waals surface area contributed by atoms with Crippen LogP contribution in [0.2, 0.25) is 0 Å². The highest BCUT2D eigenvalue weighted by atomic mass is 16.5. The number of benzene rings is 1. The second kappa shape index (κ2) is 9.07. The fourth-order valence-electron chi connectivity index (χ4n) is 2.18. The normalized spacial score (nSPS) is 10.5. The maximum Gasteiger partial charge on any atom is 0.341 e. The fraction of sp³-hybridized carbons (Fsp3) is 0.529. The molecule has 0 unspecified atom stereocenters. The molecule has 0 aliphatic carbocycles. The van der Waals surface area contributed by atoms with Gasteiger partial charge in [-0.2, -0.15) is 0 Å². The molecule has 0 bridgehead atoms. The van der Waals surface area contributed by atoms with Crippen LogP contribution < -0.4 is 4.74 Å². The van der Waals surface area contributed by atoms with E-state index in [2.05, 4.69) is 13.8 Å². The summed E-state index contributed by atoms with van der Waals surface area (Å²) in [7, 11) is 1.81. The van der Waals surface area contributed by atoms with Crippen molar-refractivity contribution in [3.05, 3.63) is 29.8 Å². The van der Waals surface area contributed by atoms with Gasteiger partial charge >= 0.3 is 5.97 Å². The maximum atomic E-state index is 12.2. The summed E-state index contributed by atoms with van der Waals surface area (Å²) in [6, 6.07) is 7.13. The lowest BCUT2D eigenvalue weighted by Crippen LogP contribution is -2.27. The molecule has 0 saturated heterocycles. The predicted octanol–water partition coefficient (Wildman–Crippen LogP) is 2.93. The van der Waals surface area contributed by atoms with Crippen LogP contribution in [0.3, 0.4) is 0 Å². The maximum absolute atomic E-state index is 12.2. The van der Waals surface area contributed by atoms with Gasteiger partial charge in [-0.15, -0.1) is 0 Å². The van der Waals surface area contributed by atoms with E-state index in [4.69, 9.17) is 9.84 Å². The molecule has 5 nitrogen and oxygen atoms in total. The van der Waals surface area contributed by atoms with E-state index in [9.17, 15) is 9.59 Å². The molecule has 122 valence electrons. The standard InChI is InChI=1S/C17H25NO4/c1-4-13(5-2)10-16(19)18(3)11-14-6-8-15(9-7-14)22-12-17(20)21/h6-9,13H,4-5,10-12H2,1-3H3,(H,20,21). The van der Waals surface area contributed by atoms with E-state index in [1.807, 2.05) is 12.1 Å². The van der Waals surface area contributed by atoms with Crippen molar-refractivity contribution in [2.45, 2.75) is 39.7 Å². The molecule has 0 aliphatic heterocycles. The number of hydrogen-bond acceptors (Lipinski definition) is 3. The summed E-state index contributed by atoms with van der Waals surface area (Å²) in [5.41, 5.74) is 0.989. The monoisotopic (exact) mass is 307 g/mol. The van der Waals surface area contributed by atoms with E-state index in [0.717, 1.165) is 18.4 Å². The Morgan fingerprint density at radius 1 is 1.18 bits per heavy atom. The van der Waals surface area contributed by atoms with Gasteiger partial charge in [0.25, 0.3) is 0 Å². The number of amides is 1. The number of carbonyl (C=O) groups is 2. The van der Waals surface area contributed by atoms with Crippen molar-refractivity contribution in [3.8, 4) is 5.75 Å². The van der Waals surface area contributed by atoms with Gasteiger partial charge in [0, 0.05) is 20.0 Å². The molecule has 0 atom stereocenters. The van der Waals surface area contributed by atoms with Gasteiger partial charge in [-0.3, -0.25) is 4.79 Å². The van der Waals surface area contributed by atoms with E-state index >= 15 is 0 Å². The highest BCUT2D eigenvalue weighted by Crippen LogP contribution is 2.16. The van der Waals surface area contributed by atoms with Crippen molar-refractivity contribution < 1.29 is 19.4 Å². The molecule has 1 aromatic rings. The molecule has 0 fully saturated rings. The Bertz CT molecular complexity index is 480. The molecule has 0 heterocycles. The van der Waals surface area contributed by atoms with Crippen LogP contribution in [-0.2, 0) is 16.1 Å². The highest BCUT2D eigenvalue weighted by Gasteiger charge is 2.14. The van der Waals surface area contributed by atoms with E-state index in [1.165, 1.54) is 0 Å². The molecule has 22 heavy (non-hydrogen) atoms. The first kappa shape index (κ1) is 18.0. The lowest BCUT2D eigenvalue weighted by molar-refractivity contribution is -0.139. The minimum atomic E-state index is -1.00. The summed E-state index contributed by atoms with van der Waals surface area (Å²) < 4.78 is 5.08. The average molecular weight is 307 g/mol. The Balaban J connectivity index is 2.51. The number of rotatable bonds is 9. The number of nitrogens with zero attached hydrogens (tertiary/aromatic N) is 1. The van der Waals surface area contributed by atoms with E-state index < -0.39 is 5.97 Å². The lowest BCUT2D eigenvalue weighted by Gasteiger charge is -2.20. The smallest absolute Gasteiger partial charge is 0.341 e. The SMILES string of the molecule is CCC(CC)CC(=O)N(C)Cc1ccc(OCC(=O)O)cc1. The van der Waals surface area contributed by atoms with Gasteiger partial charge in [0.2, 0.25) is 5.91 Å². The van der Waals surface area contributed by atoms with Crippen molar-refractivity contribution in [3.63, 3.8) is 0 Å². The number of ether oxygens (including phenoxy) is 1. The van der Waals surface area contributed by atoms with Gasteiger partial charge in [0.15, 0.2) is 6.61 Å². The third-order valence-electron chi connectivity index (χ3n) is 3.75. The van der Waals surface area contributed by atoms with Gasteiger partial charge in [0.1, 0.15) is 5.75 Å². The topological polar surface area (TPSA) is 66.8 Å². The molecule has 0 radical (unpaired) electrons. The Hall–Kier alpha value is -2.04. The summed E-state index contributed by atoms with van der Waals surface area (Å²) >= 11 is 0. The van der Waals surface area contributed by atoms with Crippen LogP contribution in [0.15, 0.2) is 24.3 Å². The van der Waals surface area contributed by atoms with Crippen LogP contribution in [0.25, 0.3) is 0 Å². The van der Waals surface area contributed by atoms with Crippen LogP contribution in [-0.4, -0.2) is 35.5 Å². The van der Waals surface area contributed by atoms with Crippen molar-refractivity contribution >= 4 is 11.9 Å². The van der Waals surface area contributed by atoms with Gasteiger partial charge in [-0.1, -0.05) is 38.8 Å². The summed E-state index contributed by atoms with van der Waals surface area (Å²) in [5.74, 6) is 0.106. The van der Waals surface area contributed by atoms with E-state index in [0.29, 0.717) is 24.6 Å². The molecule has 0 aromatic heterocycles. The zero-order chi connectivity index (χ0) is 16.5. The second-order valence-corrected chi connectivity index (χ2v) is 5.46. The second-order valence-electron chi connectivity index (χ2n) is 5.46. The number of hydrogen-bond donors (Lipinski definition) is 1. The Morgan fingerprint density at radius 3 is 2.27 bits per heavy atom. The van der Waals surface area contributed by atoms with Crippen LogP contribution in [0.5, 0.6) is 5.75 Å². The van der Waals surface area contributed by atoms with Gasteiger partial charge < -0.3 is 14.7 Å². The lowest BCUT2D eigenvalue weighted by atomic mass is 9.99. The minimum absolute atomic E-state index is 0.153. The molecule has 1 rings (SSSR count). The van der Waals surface area contributed by atoms with E-state index in [1.54, 1.807) is 24.1 Å². The van der Waals surface area contributed by atoms with Gasteiger partial charge in [0.05, 0.1) is 0 Å². The Labute approximate surface area is 131 Å². The van der Waals surface area contributed by atoms with Crippen LogP contribution >= 0.6 is 0 Å². The first-order valence-electron chi connectivity index (χ1n) is 7.63. The molecule has 0 spiro atoms. The number of aliphatic carboxylic acids is 1. The highest BCUT2D eigenvalue weighted by molar-refractivity contribution is 5.76. The zero-order valence-corrected chi connectivity index (χ0v) is 13.5. The third-order valence-corrected chi connectivity index (χ3v) is 3.75. The van der Waals surface area contributed by atoms with Crippen LogP contribution in [0.4, 0.5) is 0 Å². The first-order valence-corrected chi connectivity index (χ1v) is 7.63. The average Bonchev–Trinajstić information content (AvgIpc) is 2.51. The molecule has 0 saturated carbocycles. The zero-order valence-electron chi connectivity index (χ0n) is 13.5.